The Morgan fingerprint density at radius 3 is 2.55 bits per heavy atom. The second kappa shape index (κ2) is 9.38. The molecule has 1 saturated heterocycles. The molecule has 8 heteroatoms. The molecule has 1 aromatic carbocycles. The van der Waals surface area contributed by atoms with E-state index in [1.54, 1.807) is 6.20 Å². The molecule has 33 heavy (non-hydrogen) atoms. The predicted molar refractivity (Wildman–Crippen MR) is 130 cm³/mol. The van der Waals surface area contributed by atoms with Crippen molar-refractivity contribution in [1.82, 2.24) is 24.4 Å². The standard InChI is InChI=1S/C25H27N7O/c1-2-26-25-28-16-20(17-29-25)21-7-3-4-8-22(21)30-12-14-31(15-13-30)23(18-33)32-11-9-19-6-5-10-27-24(19)32/h3-11,16-18,23H,2,12-15H2,1H3,(H,26,28,29). The number of carbonyl (C=O) groups is 1. The van der Waals surface area contributed by atoms with Crippen LogP contribution in [-0.2, 0) is 4.79 Å². The van der Waals surface area contributed by atoms with Gasteiger partial charge in [0.15, 0.2) is 6.29 Å². The van der Waals surface area contributed by atoms with Gasteiger partial charge in [-0.2, -0.15) is 0 Å². The lowest BCUT2D eigenvalue weighted by Gasteiger charge is -2.39. The van der Waals surface area contributed by atoms with Crippen LogP contribution in [0.3, 0.4) is 0 Å². The lowest BCUT2D eigenvalue weighted by atomic mass is 10.1. The fourth-order valence-corrected chi connectivity index (χ4v) is 4.46. The zero-order valence-corrected chi connectivity index (χ0v) is 18.6. The maximum atomic E-state index is 12.1. The van der Waals surface area contributed by atoms with E-state index < -0.39 is 0 Å². The summed E-state index contributed by atoms with van der Waals surface area (Å²) in [5, 5.41) is 4.18. The van der Waals surface area contributed by atoms with Gasteiger partial charge in [-0.25, -0.2) is 15.0 Å². The van der Waals surface area contributed by atoms with Crippen molar-refractivity contribution in [2.24, 2.45) is 0 Å². The molecule has 0 bridgehead atoms. The van der Waals surface area contributed by atoms with E-state index in [1.807, 2.05) is 54.3 Å². The molecule has 0 aliphatic carbocycles. The van der Waals surface area contributed by atoms with E-state index in [1.165, 1.54) is 0 Å². The molecule has 168 valence electrons. The number of hydrogen-bond donors (Lipinski definition) is 1. The summed E-state index contributed by atoms with van der Waals surface area (Å²) in [5.74, 6) is 0.638. The van der Waals surface area contributed by atoms with Gasteiger partial charge in [0.2, 0.25) is 5.95 Å². The monoisotopic (exact) mass is 441 g/mol. The molecule has 1 unspecified atom stereocenters. The molecule has 1 fully saturated rings. The maximum Gasteiger partial charge on any atom is 0.222 e. The number of anilines is 2. The molecule has 1 aliphatic heterocycles. The summed E-state index contributed by atoms with van der Waals surface area (Å²) in [6.45, 7) is 6.02. The highest BCUT2D eigenvalue weighted by Gasteiger charge is 2.26. The van der Waals surface area contributed by atoms with Crippen LogP contribution in [0.2, 0.25) is 0 Å². The first-order valence-corrected chi connectivity index (χ1v) is 11.3. The van der Waals surface area contributed by atoms with Gasteiger partial charge >= 0.3 is 0 Å². The van der Waals surface area contributed by atoms with Crippen LogP contribution in [0.1, 0.15) is 13.1 Å². The van der Waals surface area contributed by atoms with Crippen LogP contribution in [0.25, 0.3) is 22.2 Å². The van der Waals surface area contributed by atoms with Crippen molar-refractivity contribution in [3.63, 3.8) is 0 Å². The van der Waals surface area contributed by atoms with Crippen LogP contribution in [0.5, 0.6) is 0 Å². The molecule has 5 rings (SSSR count). The summed E-state index contributed by atoms with van der Waals surface area (Å²) >= 11 is 0. The smallest absolute Gasteiger partial charge is 0.222 e. The van der Waals surface area contributed by atoms with Crippen LogP contribution < -0.4 is 10.2 Å². The summed E-state index contributed by atoms with van der Waals surface area (Å²) in [4.78, 5) is 30.0. The molecule has 3 aromatic heterocycles. The van der Waals surface area contributed by atoms with Crippen LogP contribution in [0, 0.1) is 0 Å². The van der Waals surface area contributed by atoms with Crippen molar-refractivity contribution >= 4 is 29.0 Å². The van der Waals surface area contributed by atoms with Gasteiger partial charge < -0.3 is 14.8 Å². The van der Waals surface area contributed by atoms with Gasteiger partial charge in [0.1, 0.15) is 11.8 Å². The Kier molecular flexibility index (Phi) is 5.99. The molecule has 1 atom stereocenters. The molecule has 0 saturated carbocycles. The Morgan fingerprint density at radius 1 is 1.00 bits per heavy atom. The third-order valence-corrected chi connectivity index (χ3v) is 6.11. The fraction of sp³-hybridized carbons (Fsp3) is 0.280. The van der Waals surface area contributed by atoms with Gasteiger partial charge in [-0.15, -0.1) is 0 Å². The fourth-order valence-electron chi connectivity index (χ4n) is 4.46. The second-order valence-corrected chi connectivity index (χ2v) is 8.05. The highest BCUT2D eigenvalue weighted by molar-refractivity contribution is 5.79. The van der Waals surface area contributed by atoms with E-state index in [0.717, 1.165) is 66.9 Å². The Hall–Kier alpha value is -3.78. The van der Waals surface area contributed by atoms with Gasteiger partial charge in [0, 0.05) is 79.7 Å². The quantitative estimate of drug-likeness (QED) is 0.440. The number of hydrogen-bond acceptors (Lipinski definition) is 7. The minimum atomic E-state index is -0.359. The van der Waals surface area contributed by atoms with Crippen molar-refractivity contribution in [1.29, 1.82) is 0 Å². The van der Waals surface area contributed by atoms with Crippen molar-refractivity contribution in [3.8, 4) is 11.1 Å². The largest absolute Gasteiger partial charge is 0.368 e. The maximum absolute atomic E-state index is 12.1. The molecule has 0 amide bonds. The summed E-state index contributed by atoms with van der Waals surface area (Å²) in [6, 6.07) is 14.3. The van der Waals surface area contributed by atoms with Crippen LogP contribution in [0.4, 0.5) is 11.6 Å². The lowest BCUT2D eigenvalue weighted by molar-refractivity contribution is -0.115. The highest BCUT2D eigenvalue weighted by Crippen LogP contribution is 2.31. The second-order valence-electron chi connectivity index (χ2n) is 8.05. The normalized spacial score (nSPS) is 15.5. The van der Waals surface area contributed by atoms with Gasteiger partial charge in [-0.1, -0.05) is 18.2 Å². The molecule has 0 spiro atoms. The average molecular weight is 442 g/mol. The van der Waals surface area contributed by atoms with Crippen LogP contribution >= 0.6 is 0 Å². The molecule has 4 aromatic rings. The summed E-state index contributed by atoms with van der Waals surface area (Å²) < 4.78 is 1.97. The number of rotatable bonds is 7. The Balaban J connectivity index is 1.34. The molecule has 1 aliphatic rings. The van der Waals surface area contributed by atoms with Crippen molar-refractivity contribution in [2.75, 3.05) is 42.9 Å². The van der Waals surface area contributed by atoms with Crippen LogP contribution in [0.15, 0.2) is 67.3 Å². The minimum absolute atomic E-state index is 0.359. The Labute approximate surface area is 192 Å². The first-order chi connectivity index (χ1) is 16.3. The van der Waals surface area contributed by atoms with Gasteiger partial charge in [-0.3, -0.25) is 9.69 Å². The molecule has 0 radical (unpaired) electrons. The molecule has 8 nitrogen and oxygen atoms in total. The van der Waals surface area contributed by atoms with Crippen molar-refractivity contribution in [3.05, 3.63) is 67.3 Å². The average Bonchev–Trinajstić information content (AvgIpc) is 3.30. The van der Waals surface area contributed by atoms with E-state index in [9.17, 15) is 4.79 Å². The van der Waals surface area contributed by atoms with E-state index >= 15 is 0 Å². The third-order valence-electron chi connectivity index (χ3n) is 6.11. The molecular formula is C25H27N7O. The van der Waals surface area contributed by atoms with Gasteiger partial charge in [0.05, 0.1) is 0 Å². The Bertz CT molecular complexity index is 1230. The van der Waals surface area contributed by atoms with E-state index in [0.29, 0.717) is 5.95 Å². The van der Waals surface area contributed by atoms with E-state index in [2.05, 4.69) is 48.3 Å². The van der Waals surface area contributed by atoms with E-state index in [4.69, 9.17) is 0 Å². The zero-order valence-electron chi connectivity index (χ0n) is 18.6. The van der Waals surface area contributed by atoms with Gasteiger partial charge in [0.25, 0.3) is 0 Å². The van der Waals surface area contributed by atoms with Gasteiger partial charge in [-0.05, 0) is 31.2 Å². The lowest BCUT2D eigenvalue weighted by Crippen LogP contribution is -2.49. The van der Waals surface area contributed by atoms with E-state index in [-0.39, 0.29) is 6.17 Å². The molecule has 4 heterocycles. The van der Waals surface area contributed by atoms with Crippen LogP contribution in [-0.4, -0.2) is 63.4 Å². The number of nitrogens with zero attached hydrogens (tertiary/aromatic N) is 6. The Morgan fingerprint density at radius 2 is 1.79 bits per heavy atom. The minimum Gasteiger partial charge on any atom is -0.368 e. The number of benzene rings is 1. The van der Waals surface area contributed by atoms with Crippen molar-refractivity contribution in [2.45, 2.75) is 13.1 Å². The first kappa shape index (κ1) is 21.1. The third kappa shape index (κ3) is 4.17. The predicted octanol–water partition coefficient (Wildman–Crippen LogP) is 3.44. The number of piperazine rings is 1. The van der Waals surface area contributed by atoms with Crippen molar-refractivity contribution < 1.29 is 4.79 Å². The first-order valence-electron chi connectivity index (χ1n) is 11.3. The molecular weight excluding hydrogens is 414 g/mol. The highest BCUT2D eigenvalue weighted by atomic mass is 16.1. The summed E-state index contributed by atoms with van der Waals surface area (Å²) in [7, 11) is 0. The number of nitrogens with one attached hydrogen (secondary N) is 1. The summed E-state index contributed by atoms with van der Waals surface area (Å²) in [6.07, 6.45) is 8.11. The number of para-hydroxylation sites is 1. The molecule has 1 N–H and O–H groups in total. The summed E-state index contributed by atoms with van der Waals surface area (Å²) in [5.41, 5.74) is 4.10. The number of pyridine rings is 1. The number of carbonyl (C=O) groups excluding carboxylic acids is 1. The number of aromatic nitrogens is 4. The zero-order chi connectivity index (χ0) is 22.6. The SMILES string of the molecule is CCNc1ncc(-c2ccccc2N2CCN(C(C=O)n3ccc4cccnc43)CC2)cn1. The number of fused-ring (bicyclic) bond motifs is 1. The topological polar surface area (TPSA) is 79.2 Å². The number of aldehydes is 1.